The molecule has 0 atom stereocenters. The van der Waals surface area contributed by atoms with Gasteiger partial charge in [-0.05, 0) is 6.42 Å². The molecule has 0 aliphatic carbocycles. The molecule has 0 amide bonds. The van der Waals surface area contributed by atoms with E-state index in [0.717, 1.165) is 12.8 Å². The van der Waals surface area contributed by atoms with Crippen molar-refractivity contribution in [2.75, 3.05) is 6.61 Å². The van der Waals surface area contributed by atoms with Crippen LogP contribution in [0.3, 0.4) is 0 Å². The Morgan fingerprint density at radius 1 is 1.56 bits per heavy atom. The third-order valence-electron chi connectivity index (χ3n) is 0.803. The molecule has 0 bridgehead atoms. The Balaban J connectivity index is 0. The number of esters is 1. The van der Waals surface area contributed by atoms with Crippen molar-refractivity contribution >= 4 is 30.4 Å². The van der Waals surface area contributed by atoms with Crippen LogP contribution >= 0.6 is 0 Å². The van der Waals surface area contributed by atoms with Crippen molar-refractivity contribution in [1.29, 1.82) is 0 Å². The third kappa shape index (κ3) is 11.7. The Hall–Kier alpha value is 0.288. The first-order valence-corrected chi connectivity index (χ1v) is 2.90. The molecule has 0 N–H and O–H groups in total. The first kappa shape index (κ1) is 12.0. The van der Waals surface area contributed by atoms with Crippen LogP contribution in [-0.4, -0.2) is 37.0 Å². The summed E-state index contributed by atoms with van der Waals surface area (Å²) in [5.41, 5.74) is 0. The van der Waals surface area contributed by atoms with Crippen LogP contribution in [0.15, 0.2) is 0 Å². The summed E-state index contributed by atoms with van der Waals surface area (Å²) in [6.45, 7) is 4.06. The van der Waals surface area contributed by atoms with Crippen molar-refractivity contribution in [2.24, 2.45) is 0 Å². The fourth-order valence-corrected chi connectivity index (χ4v) is 0.360. The van der Waals surface area contributed by atoms with Crippen molar-refractivity contribution in [3.63, 3.8) is 0 Å². The van der Waals surface area contributed by atoms with Crippen LogP contribution in [-0.2, 0) is 9.53 Å². The van der Waals surface area contributed by atoms with Gasteiger partial charge >= 0.3 is 30.4 Å². The normalized spacial score (nSPS) is 7.78. The van der Waals surface area contributed by atoms with Crippen LogP contribution in [0.1, 0.15) is 26.7 Å². The molecule has 0 rings (SSSR count). The topological polar surface area (TPSA) is 26.3 Å². The monoisotopic (exact) mass is 240 g/mol. The van der Waals surface area contributed by atoms with Gasteiger partial charge in [-0.1, -0.05) is 13.3 Å². The Morgan fingerprint density at radius 2 is 2.11 bits per heavy atom. The van der Waals surface area contributed by atoms with Crippen LogP contribution in [0.4, 0.5) is 0 Å². The number of rotatable bonds is 3. The Morgan fingerprint density at radius 3 is 2.44 bits per heavy atom. The van der Waals surface area contributed by atoms with Crippen molar-refractivity contribution in [3.05, 3.63) is 0 Å². The zero-order valence-electron chi connectivity index (χ0n) is 6.14. The van der Waals surface area contributed by atoms with E-state index in [1.54, 1.807) is 0 Å². The average molecular weight is 241 g/mol. The van der Waals surface area contributed by atoms with E-state index in [0.29, 0.717) is 6.61 Å². The number of ether oxygens (including phenoxy) is 1. The van der Waals surface area contributed by atoms with Crippen LogP contribution in [0, 0.1) is 0 Å². The molecule has 56 valence electrons. The second-order valence-corrected chi connectivity index (χ2v) is 1.69. The molecule has 0 spiro atoms. The Kier molecular flexibility index (Phi) is 11.1. The third-order valence-corrected chi connectivity index (χ3v) is 0.803. The van der Waals surface area contributed by atoms with Gasteiger partial charge in [0.05, 0.1) is 6.61 Å². The van der Waals surface area contributed by atoms with Crippen LogP contribution < -0.4 is 0 Å². The Bertz CT molecular complexity index is 73.5. The van der Waals surface area contributed by atoms with Gasteiger partial charge in [0.25, 0.3) is 0 Å². The van der Waals surface area contributed by atoms with E-state index in [9.17, 15) is 4.79 Å². The predicted molar refractivity (Wildman–Crippen MR) is 41.5 cm³/mol. The minimum atomic E-state index is -0.182. The molecule has 0 saturated carbocycles. The van der Waals surface area contributed by atoms with Gasteiger partial charge in [-0.25, -0.2) is 0 Å². The van der Waals surface area contributed by atoms with Gasteiger partial charge in [-0.3, -0.25) is 4.79 Å². The molecule has 3 heteroatoms. The second-order valence-electron chi connectivity index (χ2n) is 1.69. The number of carbonyl (C=O) groups excluding carboxylic acids is 1. The first-order valence-electron chi connectivity index (χ1n) is 2.90. The van der Waals surface area contributed by atoms with Gasteiger partial charge in [0.15, 0.2) is 0 Å². The van der Waals surface area contributed by atoms with Crippen molar-refractivity contribution in [3.8, 4) is 0 Å². The zero-order valence-corrected chi connectivity index (χ0v) is 10.2. The van der Waals surface area contributed by atoms with Crippen LogP contribution in [0.25, 0.3) is 0 Å². The number of hydrogen-bond donors (Lipinski definition) is 0. The van der Waals surface area contributed by atoms with Crippen LogP contribution in [0.2, 0.25) is 0 Å². The molecule has 0 radical (unpaired) electrons. The van der Waals surface area contributed by atoms with E-state index >= 15 is 0 Å². The standard InChI is InChI=1S/C6H12O2.Sb.3H/c1-3-4-5-8-6(2)7;;;;/h3-5H2,1-2H3;;;;. The van der Waals surface area contributed by atoms with E-state index in [2.05, 4.69) is 11.7 Å². The zero-order chi connectivity index (χ0) is 6.41. The molecule has 0 fully saturated rings. The van der Waals surface area contributed by atoms with Crippen LogP contribution in [0.5, 0.6) is 0 Å². The molecule has 0 aromatic rings. The molecule has 9 heavy (non-hydrogen) atoms. The fraction of sp³-hybridized carbons (Fsp3) is 0.833. The molecular formula is C6H15O2Sb. The number of hydrogen-bond acceptors (Lipinski definition) is 2. The minimum absolute atomic E-state index is 0. The van der Waals surface area contributed by atoms with Gasteiger partial charge < -0.3 is 4.74 Å². The second kappa shape index (κ2) is 8.29. The van der Waals surface area contributed by atoms with Gasteiger partial charge in [0.2, 0.25) is 0 Å². The molecule has 0 aromatic carbocycles. The van der Waals surface area contributed by atoms with Gasteiger partial charge in [-0.15, -0.1) is 0 Å². The van der Waals surface area contributed by atoms with Crippen molar-refractivity contribution in [1.82, 2.24) is 0 Å². The molecule has 0 saturated heterocycles. The van der Waals surface area contributed by atoms with Crippen molar-refractivity contribution in [2.45, 2.75) is 26.7 Å². The summed E-state index contributed by atoms with van der Waals surface area (Å²) in [7, 11) is 0. The van der Waals surface area contributed by atoms with E-state index in [4.69, 9.17) is 0 Å². The predicted octanol–water partition coefficient (Wildman–Crippen LogP) is 0.166. The summed E-state index contributed by atoms with van der Waals surface area (Å²) < 4.78 is 4.64. The average Bonchev–Trinajstić information content (AvgIpc) is 1.66. The van der Waals surface area contributed by atoms with E-state index in [1.165, 1.54) is 6.92 Å². The summed E-state index contributed by atoms with van der Waals surface area (Å²) in [5, 5.41) is 0. The Labute approximate surface area is 73.4 Å². The van der Waals surface area contributed by atoms with Gasteiger partial charge in [0, 0.05) is 6.92 Å². The molecule has 0 aliphatic rings. The summed E-state index contributed by atoms with van der Waals surface area (Å²) >= 11 is 0. The summed E-state index contributed by atoms with van der Waals surface area (Å²) in [6.07, 6.45) is 2.05. The summed E-state index contributed by atoms with van der Waals surface area (Å²) in [6, 6.07) is 0. The fourth-order valence-electron chi connectivity index (χ4n) is 0.360. The maximum absolute atomic E-state index is 10.1. The number of unbranched alkanes of at least 4 members (excludes halogenated alkanes) is 1. The van der Waals surface area contributed by atoms with E-state index in [-0.39, 0.29) is 30.4 Å². The van der Waals surface area contributed by atoms with Gasteiger partial charge in [0.1, 0.15) is 0 Å². The molecule has 2 nitrogen and oxygen atoms in total. The number of carbonyl (C=O) groups is 1. The summed E-state index contributed by atoms with van der Waals surface area (Å²) in [4.78, 5) is 10.1. The molecule has 0 unspecified atom stereocenters. The molecule has 0 aromatic heterocycles. The molecule has 0 heterocycles. The maximum atomic E-state index is 10.1. The first-order chi connectivity index (χ1) is 3.77. The molecule has 0 aliphatic heterocycles. The summed E-state index contributed by atoms with van der Waals surface area (Å²) in [5.74, 6) is -0.182. The van der Waals surface area contributed by atoms with E-state index in [1.807, 2.05) is 0 Å². The quantitative estimate of drug-likeness (QED) is 0.400. The SMILES string of the molecule is CCCCOC(C)=O.[SbH3]. The molecular weight excluding hydrogens is 226 g/mol. The van der Waals surface area contributed by atoms with Crippen molar-refractivity contribution < 1.29 is 9.53 Å². The van der Waals surface area contributed by atoms with E-state index < -0.39 is 0 Å². The van der Waals surface area contributed by atoms with Gasteiger partial charge in [-0.2, -0.15) is 0 Å².